The highest BCUT2D eigenvalue weighted by Gasteiger charge is 2.19. The van der Waals surface area contributed by atoms with Crippen LogP contribution in [0.4, 0.5) is 4.39 Å². The van der Waals surface area contributed by atoms with Crippen LogP contribution in [0.2, 0.25) is 0 Å². The van der Waals surface area contributed by atoms with E-state index in [0.29, 0.717) is 5.89 Å². The molecule has 0 radical (unpaired) electrons. The van der Waals surface area contributed by atoms with Gasteiger partial charge in [0.05, 0.1) is 12.7 Å². The largest absolute Gasteiger partial charge is 0.464 e. The van der Waals surface area contributed by atoms with E-state index in [9.17, 15) is 9.18 Å². The summed E-state index contributed by atoms with van der Waals surface area (Å²) in [6.45, 7) is 3.84. The van der Waals surface area contributed by atoms with Gasteiger partial charge in [-0.3, -0.25) is 0 Å². The fourth-order valence-corrected chi connectivity index (χ4v) is 2.56. The maximum Gasteiger partial charge on any atom is 0.360 e. The van der Waals surface area contributed by atoms with Crippen LogP contribution >= 0.6 is 0 Å². The van der Waals surface area contributed by atoms with Gasteiger partial charge in [0.2, 0.25) is 5.89 Å². The van der Waals surface area contributed by atoms with E-state index in [1.807, 2.05) is 24.5 Å². The molecule has 0 saturated carbocycles. The van der Waals surface area contributed by atoms with Crippen LogP contribution in [-0.2, 0) is 4.74 Å². The lowest BCUT2D eigenvalue weighted by molar-refractivity contribution is 0.0594. The SMILES string of the molecule is COC(=O)c1coc(-c2cc(C)n(-c3ccc(F)cc3)c2C)n1. The minimum atomic E-state index is -0.549. The molecular formula is C17H15FN2O3. The number of methoxy groups -OCH3 is 1. The predicted octanol–water partition coefficient (Wildman–Crippen LogP) is 3.67. The highest BCUT2D eigenvalue weighted by molar-refractivity contribution is 5.87. The topological polar surface area (TPSA) is 57.3 Å². The molecule has 0 N–H and O–H groups in total. The lowest BCUT2D eigenvalue weighted by atomic mass is 10.2. The third-order valence-corrected chi connectivity index (χ3v) is 3.65. The van der Waals surface area contributed by atoms with E-state index < -0.39 is 5.97 Å². The average Bonchev–Trinajstić information content (AvgIpc) is 3.13. The van der Waals surface area contributed by atoms with Crippen molar-refractivity contribution in [3.05, 3.63) is 59.5 Å². The molecule has 0 atom stereocenters. The van der Waals surface area contributed by atoms with Gasteiger partial charge in [0.15, 0.2) is 5.69 Å². The number of aryl methyl sites for hydroxylation is 1. The second kappa shape index (κ2) is 5.72. The van der Waals surface area contributed by atoms with Crippen molar-refractivity contribution in [2.45, 2.75) is 13.8 Å². The molecule has 23 heavy (non-hydrogen) atoms. The van der Waals surface area contributed by atoms with E-state index in [-0.39, 0.29) is 11.5 Å². The van der Waals surface area contributed by atoms with E-state index in [1.165, 1.54) is 25.5 Å². The second-order valence-electron chi connectivity index (χ2n) is 5.13. The summed E-state index contributed by atoms with van der Waals surface area (Å²) in [5.41, 5.74) is 3.55. The minimum absolute atomic E-state index is 0.120. The van der Waals surface area contributed by atoms with Crippen molar-refractivity contribution in [3.63, 3.8) is 0 Å². The Balaban J connectivity index is 2.05. The highest BCUT2D eigenvalue weighted by Crippen LogP contribution is 2.29. The molecule has 6 heteroatoms. The number of halogens is 1. The Bertz CT molecular complexity index is 863. The molecule has 3 rings (SSSR count). The van der Waals surface area contributed by atoms with Crippen molar-refractivity contribution in [1.29, 1.82) is 0 Å². The lowest BCUT2D eigenvalue weighted by Crippen LogP contribution is -2.01. The number of carbonyl (C=O) groups excluding carboxylic acids is 1. The Labute approximate surface area is 132 Å². The molecule has 3 aromatic rings. The first kappa shape index (κ1) is 15.0. The van der Waals surface area contributed by atoms with Crippen LogP contribution in [-0.4, -0.2) is 22.6 Å². The van der Waals surface area contributed by atoms with Gasteiger partial charge in [0.25, 0.3) is 0 Å². The van der Waals surface area contributed by atoms with Crippen LogP contribution in [0.5, 0.6) is 0 Å². The number of carbonyl (C=O) groups is 1. The predicted molar refractivity (Wildman–Crippen MR) is 82.0 cm³/mol. The molecule has 5 nitrogen and oxygen atoms in total. The van der Waals surface area contributed by atoms with Crippen molar-refractivity contribution in [1.82, 2.24) is 9.55 Å². The van der Waals surface area contributed by atoms with E-state index in [0.717, 1.165) is 22.6 Å². The number of nitrogens with zero attached hydrogens (tertiary/aromatic N) is 2. The van der Waals surface area contributed by atoms with Crippen molar-refractivity contribution in [2.75, 3.05) is 7.11 Å². The normalized spacial score (nSPS) is 10.8. The molecule has 0 fully saturated rings. The molecule has 0 aliphatic rings. The quantitative estimate of drug-likeness (QED) is 0.692. The first-order chi connectivity index (χ1) is 11.0. The number of oxazole rings is 1. The first-order valence-electron chi connectivity index (χ1n) is 7.00. The first-order valence-corrected chi connectivity index (χ1v) is 7.00. The monoisotopic (exact) mass is 314 g/mol. The van der Waals surface area contributed by atoms with Gasteiger partial charge in [0, 0.05) is 17.1 Å². The smallest absolute Gasteiger partial charge is 0.360 e. The lowest BCUT2D eigenvalue weighted by Gasteiger charge is -2.09. The van der Waals surface area contributed by atoms with Crippen molar-refractivity contribution >= 4 is 5.97 Å². The number of hydrogen-bond acceptors (Lipinski definition) is 4. The summed E-state index contributed by atoms with van der Waals surface area (Å²) >= 11 is 0. The summed E-state index contributed by atoms with van der Waals surface area (Å²) in [5, 5.41) is 0. The number of esters is 1. The summed E-state index contributed by atoms with van der Waals surface area (Å²) in [4.78, 5) is 15.6. The summed E-state index contributed by atoms with van der Waals surface area (Å²) in [6.07, 6.45) is 1.27. The molecule has 0 aliphatic heterocycles. The Morgan fingerprint density at radius 3 is 2.61 bits per heavy atom. The van der Waals surface area contributed by atoms with Crippen LogP contribution in [0, 0.1) is 19.7 Å². The minimum Gasteiger partial charge on any atom is -0.464 e. The third kappa shape index (κ3) is 2.63. The van der Waals surface area contributed by atoms with Gasteiger partial charge in [-0.05, 0) is 44.2 Å². The van der Waals surface area contributed by atoms with Crippen LogP contribution in [0.3, 0.4) is 0 Å². The Morgan fingerprint density at radius 2 is 1.96 bits per heavy atom. The van der Waals surface area contributed by atoms with Crippen LogP contribution < -0.4 is 0 Å². The number of ether oxygens (including phenoxy) is 1. The molecule has 118 valence electrons. The molecular weight excluding hydrogens is 299 g/mol. The molecule has 0 unspecified atom stereocenters. The number of rotatable bonds is 3. The Morgan fingerprint density at radius 1 is 1.26 bits per heavy atom. The summed E-state index contributed by atoms with van der Waals surface area (Å²) in [6, 6.07) is 8.14. The van der Waals surface area contributed by atoms with E-state index in [2.05, 4.69) is 9.72 Å². The fourth-order valence-electron chi connectivity index (χ4n) is 2.56. The zero-order chi connectivity index (χ0) is 16.6. The van der Waals surface area contributed by atoms with Crippen molar-refractivity contribution in [2.24, 2.45) is 0 Å². The second-order valence-corrected chi connectivity index (χ2v) is 5.13. The van der Waals surface area contributed by atoms with Crippen molar-refractivity contribution in [3.8, 4) is 17.1 Å². The highest BCUT2D eigenvalue weighted by atomic mass is 19.1. The molecule has 2 heterocycles. The molecule has 2 aromatic heterocycles. The van der Waals surface area contributed by atoms with Crippen LogP contribution in [0.15, 0.2) is 41.0 Å². The van der Waals surface area contributed by atoms with Gasteiger partial charge in [-0.1, -0.05) is 0 Å². The number of aromatic nitrogens is 2. The summed E-state index contributed by atoms with van der Waals surface area (Å²) < 4.78 is 25.1. The molecule has 0 saturated heterocycles. The van der Waals surface area contributed by atoms with Gasteiger partial charge < -0.3 is 13.7 Å². The molecule has 0 amide bonds. The van der Waals surface area contributed by atoms with Gasteiger partial charge in [0.1, 0.15) is 12.1 Å². The Hall–Kier alpha value is -2.89. The molecule has 0 spiro atoms. The fraction of sp³-hybridized carbons (Fsp3) is 0.176. The zero-order valence-electron chi connectivity index (χ0n) is 13.0. The van der Waals surface area contributed by atoms with Gasteiger partial charge in [-0.25, -0.2) is 14.2 Å². The van der Waals surface area contributed by atoms with E-state index in [1.54, 1.807) is 12.1 Å². The third-order valence-electron chi connectivity index (χ3n) is 3.65. The number of benzene rings is 1. The zero-order valence-corrected chi connectivity index (χ0v) is 13.0. The molecule has 0 aliphatic carbocycles. The van der Waals surface area contributed by atoms with Crippen LogP contribution in [0.25, 0.3) is 17.1 Å². The molecule has 1 aromatic carbocycles. The summed E-state index contributed by atoms with van der Waals surface area (Å²) in [5.74, 6) is -0.494. The van der Waals surface area contributed by atoms with Gasteiger partial charge in [-0.2, -0.15) is 0 Å². The number of hydrogen-bond donors (Lipinski definition) is 0. The van der Waals surface area contributed by atoms with E-state index >= 15 is 0 Å². The average molecular weight is 314 g/mol. The Kier molecular flexibility index (Phi) is 3.73. The van der Waals surface area contributed by atoms with Gasteiger partial charge >= 0.3 is 5.97 Å². The maximum absolute atomic E-state index is 13.1. The standard InChI is InChI=1S/C17H15FN2O3/c1-10-8-14(16-19-15(9-23-16)17(21)22-3)11(2)20(10)13-6-4-12(18)5-7-13/h4-9H,1-3H3. The molecule has 0 bridgehead atoms. The summed E-state index contributed by atoms with van der Waals surface area (Å²) in [7, 11) is 1.29. The van der Waals surface area contributed by atoms with Gasteiger partial charge in [-0.15, -0.1) is 0 Å². The van der Waals surface area contributed by atoms with Crippen molar-refractivity contribution < 1.29 is 18.3 Å². The maximum atomic E-state index is 13.1. The van der Waals surface area contributed by atoms with Crippen LogP contribution in [0.1, 0.15) is 21.9 Å². The van der Waals surface area contributed by atoms with E-state index in [4.69, 9.17) is 4.42 Å².